The van der Waals surface area contributed by atoms with Gasteiger partial charge >= 0.3 is 6.18 Å². The molecule has 2 fully saturated rings. The fourth-order valence-electron chi connectivity index (χ4n) is 6.72. The molecule has 2 aromatic carbocycles. The van der Waals surface area contributed by atoms with Crippen LogP contribution in [0.2, 0.25) is 0 Å². The lowest BCUT2D eigenvalue weighted by atomic mass is 9.72. The number of aromatic nitrogens is 2. The molecule has 6 rings (SSSR count). The zero-order chi connectivity index (χ0) is 27.4. The summed E-state index contributed by atoms with van der Waals surface area (Å²) in [6, 6.07) is 11.6. The number of aryl methyl sites for hydroxylation is 1. The lowest BCUT2D eigenvalue weighted by Crippen LogP contribution is -2.43. The van der Waals surface area contributed by atoms with Crippen LogP contribution in [0.15, 0.2) is 48.8 Å². The van der Waals surface area contributed by atoms with Crippen LogP contribution in [0.25, 0.3) is 10.9 Å². The van der Waals surface area contributed by atoms with Crippen LogP contribution in [0.4, 0.5) is 18.9 Å². The van der Waals surface area contributed by atoms with Crippen molar-refractivity contribution in [1.29, 1.82) is 5.26 Å². The Labute approximate surface area is 226 Å². The third-order valence-corrected chi connectivity index (χ3v) is 9.10. The summed E-state index contributed by atoms with van der Waals surface area (Å²) in [5.41, 5.74) is 4.00. The number of allylic oxidation sites excluding steroid dienone is 1. The van der Waals surface area contributed by atoms with Crippen LogP contribution in [-0.4, -0.2) is 47.4 Å². The van der Waals surface area contributed by atoms with E-state index in [0.717, 1.165) is 68.7 Å². The van der Waals surface area contributed by atoms with Gasteiger partial charge in [-0.25, -0.2) is 0 Å². The van der Waals surface area contributed by atoms with Gasteiger partial charge in [0.2, 0.25) is 0 Å². The number of nitriles is 1. The summed E-state index contributed by atoms with van der Waals surface area (Å²) < 4.78 is 44.0. The third kappa shape index (κ3) is 4.50. The van der Waals surface area contributed by atoms with E-state index in [1.54, 1.807) is 10.9 Å². The van der Waals surface area contributed by atoms with Gasteiger partial charge in [-0.2, -0.15) is 23.5 Å². The molecule has 0 radical (unpaired) electrons. The third-order valence-electron chi connectivity index (χ3n) is 9.10. The number of nitrogens with zero attached hydrogens (tertiary/aromatic N) is 4. The summed E-state index contributed by atoms with van der Waals surface area (Å²) in [7, 11) is 1.88. The molecule has 204 valence electrons. The summed E-state index contributed by atoms with van der Waals surface area (Å²) in [6.45, 7) is 6.88. The normalized spacial score (nSPS) is 22.5. The maximum absolute atomic E-state index is 14.1. The van der Waals surface area contributed by atoms with Crippen LogP contribution < -0.4 is 10.6 Å². The number of benzene rings is 2. The first-order valence-electron chi connectivity index (χ1n) is 13.7. The minimum absolute atomic E-state index is 0.00102. The maximum Gasteiger partial charge on any atom is 0.418 e. The molecule has 0 amide bonds. The lowest BCUT2D eigenvalue weighted by molar-refractivity contribution is -0.136. The van der Waals surface area contributed by atoms with E-state index in [1.807, 2.05) is 31.3 Å². The molecule has 1 saturated heterocycles. The van der Waals surface area contributed by atoms with Crippen molar-refractivity contribution in [3.05, 3.63) is 71.1 Å². The zero-order valence-electron chi connectivity index (χ0n) is 22.1. The molecule has 1 spiro atoms. The molecule has 1 aliphatic carbocycles. The molecule has 2 aliphatic heterocycles. The van der Waals surface area contributed by atoms with Gasteiger partial charge in [-0.05, 0) is 107 Å². The Bertz CT molecular complexity index is 1450. The Hall–Kier alpha value is -3.35. The Morgan fingerprint density at radius 1 is 1.21 bits per heavy atom. The number of halogens is 3. The smallest absolute Gasteiger partial charge is 0.358 e. The van der Waals surface area contributed by atoms with Crippen LogP contribution in [0.5, 0.6) is 0 Å². The second-order valence-corrected chi connectivity index (χ2v) is 11.3. The molecule has 3 aromatic rings. The van der Waals surface area contributed by atoms with Crippen molar-refractivity contribution in [1.82, 2.24) is 20.0 Å². The van der Waals surface area contributed by atoms with E-state index >= 15 is 0 Å². The molecule has 3 heterocycles. The number of alkyl halides is 3. The van der Waals surface area contributed by atoms with Crippen LogP contribution in [0.1, 0.15) is 60.4 Å². The number of fused-ring (bicyclic) bond motifs is 3. The second-order valence-electron chi connectivity index (χ2n) is 11.3. The number of hydrogen-bond donors (Lipinski definition) is 2. The Kier molecular flexibility index (Phi) is 6.43. The van der Waals surface area contributed by atoms with E-state index in [2.05, 4.69) is 33.3 Å². The maximum atomic E-state index is 14.1. The largest absolute Gasteiger partial charge is 0.418 e. The molecule has 0 unspecified atom stereocenters. The molecule has 1 saturated carbocycles. The van der Waals surface area contributed by atoms with Crippen LogP contribution >= 0.6 is 0 Å². The van der Waals surface area contributed by atoms with Crippen LogP contribution in [0, 0.1) is 11.3 Å². The van der Waals surface area contributed by atoms with Crippen LogP contribution in [-0.2, 0) is 18.0 Å². The topological polar surface area (TPSA) is 68.9 Å². The van der Waals surface area contributed by atoms with Crippen molar-refractivity contribution in [2.45, 2.75) is 62.2 Å². The van der Waals surface area contributed by atoms with Gasteiger partial charge in [0.25, 0.3) is 0 Å². The minimum atomic E-state index is -4.43. The first-order valence-corrected chi connectivity index (χ1v) is 13.7. The minimum Gasteiger partial charge on any atom is -0.358 e. The van der Waals surface area contributed by atoms with Gasteiger partial charge in [-0.15, -0.1) is 0 Å². The predicted molar refractivity (Wildman–Crippen MR) is 145 cm³/mol. The van der Waals surface area contributed by atoms with E-state index in [1.165, 1.54) is 6.07 Å². The standard InChI is InChI=1S/C30H33F3N6/c1-19-29(25-14-21(17-34)5-6-27(25)37-19)7-10-38(11-8-29)9-3-4-20-12-22-18-36-39(24-15-23(16-24)35-2)28(22)26(13-20)30(31,32)33/h5-6,12-14,18,23-24,35,37H,1,3-4,7-11,15-16H2,2H3. The first-order chi connectivity index (χ1) is 18.7. The molecule has 9 heteroatoms. The Morgan fingerprint density at radius 2 is 1.97 bits per heavy atom. The summed E-state index contributed by atoms with van der Waals surface area (Å²) in [5, 5.41) is 20.9. The highest BCUT2D eigenvalue weighted by Gasteiger charge is 2.44. The SMILES string of the molecule is C=C1Nc2ccc(C#N)cc2C12CCN(CCCc1cc(C(F)(F)F)c3c(cnn3C3CC(NC)C3)c1)CC2. The average Bonchev–Trinajstić information content (AvgIpc) is 3.42. The highest BCUT2D eigenvalue weighted by Crippen LogP contribution is 2.49. The lowest BCUT2D eigenvalue weighted by Gasteiger charge is -2.40. The van der Waals surface area contributed by atoms with E-state index < -0.39 is 11.7 Å². The summed E-state index contributed by atoms with van der Waals surface area (Å²) >= 11 is 0. The Morgan fingerprint density at radius 3 is 2.67 bits per heavy atom. The number of rotatable bonds is 6. The first kappa shape index (κ1) is 25.9. The molecule has 0 atom stereocenters. The van der Waals surface area contributed by atoms with E-state index in [4.69, 9.17) is 0 Å². The fraction of sp³-hybridized carbons (Fsp3) is 0.467. The van der Waals surface area contributed by atoms with Crippen LogP contribution in [0.3, 0.4) is 0 Å². The molecule has 2 N–H and O–H groups in total. The number of likely N-dealkylation sites (tertiary alicyclic amines) is 1. The predicted octanol–water partition coefficient (Wildman–Crippen LogP) is 5.76. The summed E-state index contributed by atoms with van der Waals surface area (Å²) in [4.78, 5) is 2.39. The van der Waals surface area contributed by atoms with Gasteiger partial charge in [0.1, 0.15) is 0 Å². The van der Waals surface area contributed by atoms with Gasteiger partial charge in [0.15, 0.2) is 0 Å². The van der Waals surface area contributed by atoms with E-state index in [0.29, 0.717) is 29.0 Å². The van der Waals surface area contributed by atoms with Crippen molar-refractivity contribution in [3.8, 4) is 6.07 Å². The number of piperidine rings is 1. The average molecular weight is 535 g/mol. The van der Waals surface area contributed by atoms with Crippen molar-refractivity contribution in [2.24, 2.45) is 0 Å². The van der Waals surface area contributed by atoms with E-state index in [-0.39, 0.29) is 17.0 Å². The zero-order valence-corrected chi connectivity index (χ0v) is 22.1. The van der Waals surface area contributed by atoms with Crippen molar-refractivity contribution in [3.63, 3.8) is 0 Å². The van der Waals surface area contributed by atoms with Crippen molar-refractivity contribution < 1.29 is 13.2 Å². The van der Waals surface area contributed by atoms with Crippen molar-refractivity contribution in [2.75, 3.05) is 32.0 Å². The van der Waals surface area contributed by atoms with Crippen molar-refractivity contribution >= 4 is 16.6 Å². The molecular weight excluding hydrogens is 501 g/mol. The number of hydrogen-bond acceptors (Lipinski definition) is 5. The van der Waals surface area contributed by atoms with Gasteiger partial charge in [-0.3, -0.25) is 4.68 Å². The molecule has 3 aliphatic rings. The monoisotopic (exact) mass is 534 g/mol. The highest BCUT2D eigenvalue weighted by atomic mass is 19.4. The molecule has 6 nitrogen and oxygen atoms in total. The second kappa shape index (κ2) is 9.68. The number of anilines is 1. The van der Waals surface area contributed by atoms with Gasteiger partial charge in [-0.1, -0.05) is 6.58 Å². The van der Waals surface area contributed by atoms with Gasteiger partial charge < -0.3 is 15.5 Å². The molecule has 1 aromatic heterocycles. The van der Waals surface area contributed by atoms with Gasteiger partial charge in [0, 0.05) is 28.2 Å². The van der Waals surface area contributed by atoms with Gasteiger partial charge in [0.05, 0.1) is 35.0 Å². The summed E-state index contributed by atoms with van der Waals surface area (Å²) in [6.07, 6.45) is 1.90. The molecular formula is C30H33F3N6. The molecule has 39 heavy (non-hydrogen) atoms. The van der Waals surface area contributed by atoms with E-state index in [9.17, 15) is 18.4 Å². The molecule has 0 bridgehead atoms. The fourth-order valence-corrected chi connectivity index (χ4v) is 6.72. The highest BCUT2D eigenvalue weighted by molar-refractivity contribution is 5.83. The summed E-state index contributed by atoms with van der Waals surface area (Å²) in [5.74, 6) is 0. The number of nitrogens with one attached hydrogen (secondary N) is 2. The Balaban J connectivity index is 1.12. The quantitative estimate of drug-likeness (QED) is 0.421.